The van der Waals surface area contributed by atoms with Gasteiger partial charge in [0.25, 0.3) is 0 Å². The average molecular weight is 303 g/mol. The molecule has 0 unspecified atom stereocenters. The number of hydrogen-bond acceptors (Lipinski definition) is 2. The molecule has 2 rings (SSSR count). The van der Waals surface area contributed by atoms with Gasteiger partial charge in [0.2, 0.25) is 0 Å². The molecule has 3 heteroatoms. The number of carbonyl (C=O) groups excluding carboxylic acids is 1. The topological polar surface area (TPSA) is 37.3 Å². The first kappa shape index (κ1) is 12.6. The smallest absolute Gasteiger partial charge is 0.185 e. The van der Waals surface area contributed by atoms with Crippen LogP contribution in [0.5, 0.6) is 5.75 Å². The minimum Gasteiger partial charge on any atom is -0.508 e. The fourth-order valence-corrected chi connectivity index (χ4v) is 1.77. The summed E-state index contributed by atoms with van der Waals surface area (Å²) in [5, 5.41) is 9.30. The lowest BCUT2D eigenvalue weighted by Gasteiger charge is -1.97. The maximum Gasteiger partial charge on any atom is 0.185 e. The van der Waals surface area contributed by atoms with Crippen molar-refractivity contribution in [1.29, 1.82) is 0 Å². The summed E-state index contributed by atoms with van der Waals surface area (Å²) in [6.07, 6.45) is 3.25. The third-order valence-corrected chi connectivity index (χ3v) is 2.96. The van der Waals surface area contributed by atoms with Gasteiger partial charge in [0.15, 0.2) is 5.78 Å². The Morgan fingerprint density at radius 1 is 1.11 bits per heavy atom. The van der Waals surface area contributed by atoms with E-state index in [-0.39, 0.29) is 11.5 Å². The first-order valence-electron chi connectivity index (χ1n) is 5.42. The van der Waals surface area contributed by atoms with Crippen LogP contribution < -0.4 is 0 Å². The minimum atomic E-state index is -0.131. The van der Waals surface area contributed by atoms with E-state index in [1.54, 1.807) is 18.2 Å². The Labute approximate surface area is 114 Å². The third-order valence-electron chi connectivity index (χ3n) is 2.43. The van der Waals surface area contributed by atoms with Crippen LogP contribution in [0.25, 0.3) is 6.08 Å². The summed E-state index contributed by atoms with van der Waals surface area (Å²) in [5.41, 5.74) is 1.43. The number of phenolic OH excluding ortho intramolecular Hbond substituents is 1. The zero-order valence-electron chi connectivity index (χ0n) is 9.51. The molecule has 0 saturated heterocycles. The van der Waals surface area contributed by atoms with Crippen LogP contribution in [0, 0.1) is 0 Å². The molecule has 0 heterocycles. The maximum atomic E-state index is 11.8. The number of ketones is 1. The highest BCUT2D eigenvalue weighted by Gasteiger charge is 2.01. The summed E-state index contributed by atoms with van der Waals surface area (Å²) in [7, 11) is 0. The molecule has 1 N–H and O–H groups in total. The summed E-state index contributed by atoms with van der Waals surface area (Å²) >= 11 is 3.35. The van der Waals surface area contributed by atoms with Gasteiger partial charge in [-0.25, -0.2) is 0 Å². The van der Waals surface area contributed by atoms with Crippen LogP contribution in [0.2, 0.25) is 0 Å². The molecule has 18 heavy (non-hydrogen) atoms. The van der Waals surface area contributed by atoms with Gasteiger partial charge < -0.3 is 5.11 Å². The normalized spacial score (nSPS) is 10.7. The van der Waals surface area contributed by atoms with E-state index in [0.29, 0.717) is 5.56 Å². The van der Waals surface area contributed by atoms with E-state index in [1.807, 2.05) is 24.3 Å². The molecule has 2 nitrogen and oxygen atoms in total. The van der Waals surface area contributed by atoms with Gasteiger partial charge in [-0.15, -0.1) is 0 Å². The number of allylic oxidation sites excluding steroid dienone is 1. The molecule has 2 aromatic rings. The van der Waals surface area contributed by atoms with Crippen molar-refractivity contribution in [3.63, 3.8) is 0 Å². The summed E-state index contributed by atoms with van der Waals surface area (Å²) in [5.74, 6) is -0.0355. The van der Waals surface area contributed by atoms with E-state index in [4.69, 9.17) is 0 Å². The number of aromatic hydroxyl groups is 1. The Balaban J connectivity index is 2.14. The molecular formula is C15H11BrO2. The summed E-state index contributed by atoms with van der Waals surface area (Å²) in [6.45, 7) is 0. The first-order chi connectivity index (χ1) is 8.65. The Bertz CT molecular complexity index is 586. The van der Waals surface area contributed by atoms with E-state index in [2.05, 4.69) is 15.9 Å². The van der Waals surface area contributed by atoms with E-state index in [1.165, 1.54) is 18.2 Å². The number of carbonyl (C=O) groups is 1. The van der Waals surface area contributed by atoms with Gasteiger partial charge in [0.05, 0.1) is 0 Å². The van der Waals surface area contributed by atoms with Crippen molar-refractivity contribution in [3.05, 3.63) is 70.2 Å². The van der Waals surface area contributed by atoms with Gasteiger partial charge in [-0.3, -0.25) is 4.79 Å². The number of rotatable bonds is 3. The first-order valence-corrected chi connectivity index (χ1v) is 6.21. The quantitative estimate of drug-likeness (QED) is 0.686. The van der Waals surface area contributed by atoms with Crippen molar-refractivity contribution in [2.24, 2.45) is 0 Å². The van der Waals surface area contributed by atoms with Crippen molar-refractivity contribution < 1.29 is 9.90 Å². The molecule has 0 spiro atoms. The molecular weight excluding hydrogens is 292 g/mol. The molecule has 0 aliphatic heterocycles. The second kappa shape index (κ2) is 5.65. The predicted octanol–water partition coefficient (Wildman–Crippen LogP) is 4.05. The molecule has 0 atom stereocenters. The largest absolute Gasteiger partial charge is 0.508 e. The Kier molecular flexibility index (Phi) is 3.95. The Hall–Kier alpha value is -1.87. The van der Waals surface area contributed by atoms with E-state index >= 15 is 0 Å². The van der Waals surface area contributed by atoms with Gasteiger partial charge in [-0.2, -0.15) is 0 Å². The van der Waals surface area contributed by atoms with Gasteiger partial charge in [-0.05, 0) is 35.9 Å². The molecule has 0 aromatic heterocycles. The van der Waals surface area contributed by atoms with Crippen LogP contribution >= 0.6 is 15.9 Å². The van der Waals surface area contributed by atoms with Crippen molar-refractivity contribution in [2.45, 2.75) is 0 Å². The summed E-state index contributed by atoms with van der Waals surface area (Å²) < 4.78 is 0.999. The van der Waals surface area contributed by atoms with Crippen molar-refractivity contribution in [1.82, 2.24) is 0 Å². The van der Waals surface area contributed by atoms with E-state index in [9.17, 15) is 9.90 Å². The van der Waals surface area contributed by atoms with Gasteiger partial charge in [0.1, 0.15) is 5.75 Å². The Morgan fingerprint density at radius 3 is 2.50 bits per heavy atom. The lowest BCUT2D eigenvalue weighted by Crippen LogP contribution is -1.93. The monoisotopic (exact) mass is 302 g/mol. The summed E-state index contributed by atoms with van der Waals surface area (Å²) in [6, 6.07) is 14.0. The molecule has 0 fully saturated rings. The third kappa shape index (κ3) is 3.31. The number of hydrogen-bond donors (Lipinski definition) is 1. The summed E-state index contributed by atoms with van der Waals surface area (Å²) in [4.78, 5) is 11.8. The standard InChI is InChI=1S/C15H11BrO2/c16-13-7-4-11(5-8-13)6-9-15(18)12-2-1-3-14(17)10-12/h1-10,17H. The van der Waals surface area contributed by atoms with Crippen molar-refractivity contribution >= 4 is 27.8 Å². The highest BCUT2D eigenvalue weighted by molar-refractivity contribution is 9.10. The SMILES string of the molecule is O=C(C=Cc1ccc(Br)cc1)c1cccc(O)c1. The molecule has 0 aliphatic rings. The highest BCUT2D eigenvalue weighted by Crippen LogP contribution is 2.14. The maximum absolute atomic E-state index is 11.8. The molecule has 0 amide bonds. The number of halogens is 1. The molecule has 0 aliphatic carbocycles. The molecule has 0 bridgehead atoms. The lowest BCUT2D eigenvalue weighted by atomic mass is 10.1. The predicted molar refractivity (Wildman–Crippen MR) is 75.6 cm³/mol. The van der Waals surface area contributed by atoms with Crippen molar-refractivity contribution in [3.8, 4) is 5.75 Å². The van der Waals surface area contributed by atoms with E-state index < -0.39 is 0 Å². The van der Waals surface area contributed by atoms with Gasteiger partial charge >= 0.3 is 0 Å². The van der Waals surface area contributed by atoms with Crippen LogP contribution in [0.3, 0.4) is 0 Å². The van der Waals surface area contributed by atoms with Crippen LogP contribution in [0.15, 0.2) is 59.1 Å². The van der Waals surface area contributed by atoms with Gasteiger partial charge in [0, 0.05) is 10.0 Å². The van der Waals surface area contributed by atoms with Crippen LogP contribution in [0.1, 0.15) is 15.9 Å². The minimum absolute atomic E-state index is 0.0953. The van der Waals surface area contributed by atoms with E-state index in [0.717, 1.165) is 10.0 Å². The zero-order chi connectivity index (χ0) is 13.0. The number of phenols is 1. The molecule has 0 radical (unpaired) electrons. The second-order valence-electron chi connectivity index (χ2n) is 3.80. The van der Waals surface area contributed by atoms with Crippen LogP contribution in [0.4, 0.5) is 0 Å². The fourth-order valence-electron chi connectivity index (χ4n) is 1.50. The Morgan fingerprint density at radius 2 is 1.83 bits per heavy atom. The molecule has 2 aromatic carbocycles. The zero-order valence-corrected chi connectivity index (χ0v) is 11.1. The van der Waals surface area contributed by atoms with Gasteiger partial charge in [-0.1, -0.05) is 46.3 Å². The number of benzene rings is 2. The molecule has 0 saturated carbocycles. The second-order valence-corrected chi connectivity index (χ2v) is 4.72. The van der Waals surface area contributed by atoms with Crippen molar-refractivity contribution in [2.75, 3.05) is 0 Å². The molecule has 90 valence electrons. The lowest BCUT2D eigenvalue weighted by molar-refractivity contribution is 0.104. The van der Waals surface area contributed by atoms with Crippen LogP contribution in [-0.4, -0.2) is 10.9 Å². The average Bonchev–Trinajstić information content (AvgIpc) is 2.38. The van der Waals surface area contributed by atoms with Crippen LogP contribution in [-0.2, 0) is 0 Å². The highest BCUT2D eigenvalue weighted by atomic mass is 79.9. The fraction of sp³-hybridized carbons (Fsp3) is 0.